The quantitative estimate of drug-likeness (QED) is 0.392. The topological polar surface area (TPSA) is 79.4 Å². The van der Waals surface area contributed by atoms with E-state index in [2.05, 4.69) is 32.7 Å². The Kier molecular flexibility index (Phi) is 6.57. The monoisotopic (exact) mass is 465 g/mol. The maximum atomic E-state index is 13.1. The van der Waals surface area contributed by atoms with Crippen LogP contribution in [0.15, 0.2) is 85.1 Å². The average Bonchev–Trinajstić information content (AvgIpc) is 3.35. The molecule has 0 saturated carbocycles. The van der Waals surface area contributed by atoms with E-state index in [0.717, 1.165) is 35.5 Å². The molecule has 1 amide bonds. The number of carbonyl (C=O) groups excluding carboxylic acids is 1. The van der Waals surface area contributed by atoms with E-state index >= 15 is 0 Å². The molecule has 5 rings (SSSR count). The predicted molar refractivity (Wildman–Crippen MR) is 137 cm³/mol. The van der Waals surface area contributed by atoms with Gasteiger partial charge in [-0.05, 0) is 41.3 Å². The molecule has 35 heavy (non-hydrogen) atoms. The number of methoxy groups -OCH3 is 1. The van der Waals surface area contributed by atoms with Crippen LogP contribution in [0.1, 0.15) is 27.0 Å². The first-order valence-electron chi connectivity index (χ1n) is 11.6. The molecule has 2 heterocycles. The second-order valence-electron chi connectivity index (χ2n) is 8.33. The van der Waals surface area contributed by atoms with Gasteiger partial charge in [0.05, 0.1) is 7.11 Å². The van der Waals surface area contributed by atoms with Crippen LogP contribution in [-0.2, 0) is 19.5 Å². The zero-order valence-electron chi connectivity index (χ0n) is 19.6. The van der Waals surface area contributed by atoms with Crippen molar-refractivity contribution in [2.75, 3.05) is 23.9 Å². The minimum atomic E-state index is -0.223. The summed E-state index contributed by atoms with van der Waals surface area (Å²) in [5.74, 6) is 1.65. The van der Waals surface area contributed by atoms with Gasteiger partial charge in [-0.1, -0.05) is 60.7 Å². The van der Waals surface area contributed by atoms with E-state index in [1.54, 1.807) is 13.3 Å². The van der Waals surface area contributed by atoms with Crippen molar-refractivity contribution >= 4 is 23.4 Å². The number of hydrogen-bond donors (Lipinski definition) is 2. The molecule has 0 unspecified atom stereocenters. The lowest BCUT2D eigenvalue weighted by molar-refractivity contribution is 0.0951. The largest absolute Gasteiger partial charge is 0.497 e. The number of nitrogens with zero attached hydrogens (tertiary/aromatic N) is 3. The highest BCUT2D eigenvalue weighted by Crippen LogP contribution is 2.33. The molecule has 176 valence electrons. The van der Waals surface area contributed by atoms with E-state index in [1.807, 2.05) is 66.7 Å². The van der Waals surface area contributed by atoms with Crippen molar-refractivity contribution in [3.8, 4) is 5.75 Å². The summed E-state index contributed by atoms with van der Waals surface area (Å²) < 4.78 is 5.25. The summed E-state index contributed by atoms with van der Waals surface area (Å²) in [6.07, 6.45) is 2.55. The molecule has 0 aliphatic carbocycles. The van der Waals surface area contributed by atoms with Crippen LogP contribution in [0, 0.1) is 0 Å². The Hall–Kier alpha value is -4.39. The summed E-state index contributed by atoms with van der Waals surface area (Å²) >= 11 is 0. The number of benzene rings is 3. The van der Waals surface area contributed by atoms with Crippen LogP contribution in [0.3, 0.4) is 0 Å². The summed E-state index contributed by atoms with van der Waals surface area (Å²) in [4.78, 5) is 24.6. The predicted octanol–water partition coefficient (Wildman–Crippen LogP) is 4.72. The smallest absolute Gasteiger partial charge is 0.256 e. The molecular weight excluding hydrogens is 438 g/mol. The lowest BCUT2D eigenvalue weighted by Gasteiger charge is -2.19. The van der Waals surface area contributed by atoms with Crippen molar-refractivity contribution in [3.63, 3.8) is 0 Å². The van der Waals surface area contributed by atoms with Crippen molar-refractivity contribution in [1.29, 1.82) is 0 Å². The van der Waals surface area contributed by atoms with E-state index < -0.39 is 0 Å². The van der Waals surface area contributed by atoms with Gasteiger partial charge in [-0.3, -0.25) is 4.79 Å². The minimum Gasteiger partial charge on any atom is -0.497 e. The molecule has 2 N–H and O–H groups in total. The van der Waals surface area contributed by atoms with Crippen LogP contribution in [0.25, 0.3) is 0 Å². The average molecular weight is 466 g/mol. The number of anilines is 3. The van der Waals surface area contributed by atoms with Gasteiger partial charge in [0, 0.05) is 31.5 Å². The third-order valence-corrected chi connectivity index (χ3v) is 6.06. The van der Waals surface area contributed by atoms with Crippen molar-refractivity contribution < 1.29 is 9.53 Å². The first-order chi connectivity index (χ1) is 17.2. The number of rotatable bonds is 8. The summed E-state index contributed by atoms with van der Waals surface area (Å²) in [5.41, 5.74) is 4.86. The van der Waals surface area contributed by atoms with Gasteiger partial charge in [-0.25, -0.2) is 4.98 Å². The van der Waals surface area contributed by atoms with Crippen LogP contribution in [0.2, 0.25) is 0 Å². The molecule has 0 atom stereocenters. The van der Waals surface area contributed by atoms with Gasteiger partial charge in [0.25, 0.3) is 5.91 Å². The highest BCUT2D eigenvalue weighted by atomic mass is 16.5. The Labute approximate surface area is 204 Å². The molecule has 4 aromatic rings. The molecule has 7 nitrogen and oxygen atoms in total. The Morgan fingerprint density at radius 1 is 0.943 bits per heavy atom. The van der Waals surface area contributed by atoms with Gasteiger partial charge in [-0.15, -0.1) is 0 Å². The summed E-state index contributed by atoms with van der Waals surface area (Å²) in [7, 11) is 1.65. The molecule has 0 radical (unpaired) electrons. The maximum Gasteiger partial charge on any atom is 0.256 e. The Morgan fingerprint density at radius 2 is 1.69 bits per heavy atom. The first-order valence-corrected chi connectivity index (χ1v) is 11.6. The number of hydrogen-bond acceptors (Lipinski definition) is 6. The van der Waals surface area contributed by atoms with Gasteiger partial charge >= 0.3 is 0 Å². The maximum absolute atomic E-state index is 13.1. The third kappa shape index (κ3) is 5.09. The minimum absolute atomic E-state index is 0.223. The number of carbonyl (C=O) groups is 1. The number of amides is 1. The van der Waals surface area contributed by atoms with Gasteiger partial charge in [-0.2, -0.15) is 4.98 Å². The van der Waals surface area contributed by atoms with Crippen molar-refractivity contribution in [2.24, 2.45) is 0 Å². The van der Waals surface area contributed by atoms with Crippen molar-refractivity contribution in [1.82, 2.24) is 15.3 Å². The highest BCUT2D eigenvalue weighted by Gasteiger charge is 2.24. The Bertz CT molecular complexity index is 1310. The fourth-order valence-electron chi connectivity index (χ4n) is 4.15. The van der Waals surface area contributed by atoms with Gasteiger partial charge in [0.15, 0.2) is 0 Å². The fraction of sp³-hybridized carbons (Fsp3) is 0.179. The molecule has 3 aromatic carbocycles. The Morgan fingerprint density at radius 3 is 2.49 bits per heavy atom. The number of fused-ring (bicyclic) bond motifs is 1. The molecule has 1 aliphatic heterocycles. The van der Waals surface area contributed by atoms with Crippen LogP contribution in [0.5, 0.6) is 5.75 Å². The van der Waals surface area contributed by atoms with Gasteiger partial charge in [0.2, 0.25) is 5.95 Å². The Balaban J connectivity index is 1.40. The number of ether oxygens (including phenoxy) is 1. The highest BCUT2D eigenvalue weighted by molar-refractivity contribution is 5.98. The number of nitrogens with one attached hydrogen (secondary N) is 2. The molecular formula is C28H27N5O2. The van der Waals surface area contributed by atoms with Crippen LogP contribution in [0.4, 0.5) is 17.5 Å². The van der Waals surface area contributed by atoms with E-state index in [0.29, 0.717) is 30.4 Å². The summed E-state index contributed by atoms with van der Waals surface area (Å²) in [6.45, 7) is 1.74. The zero-order chi connectivity index (χ0) is 24.0. The van der Waals surface area contributed by atoms with Crippen molar-refractivity contribution in [3.05, 3.63) is 107 Å². The van der Waals surface area contributed by atoms with Crippen LogP contribution in [-0.4, -0.2) is 29.5 Å². The normalized spacial score (nSPS) is 12.2. The molecule has 1 aromatic heterocycles. The molecule has 0 saturated heterocycles. The van der Waals surface area contributed by atoms with E-state index in [-0.39, 0.29) is 5.91 Å². The van der Waals surface area contributed by atoms with Crippen LogP contribution < -0.4 is 20.3 Å². The molecule has 0 spiro atoms. The standard InChI is InChI=1S/C28H27N5O2/c1-35-23-13-11-21(12-14-23)17-29-26-24(27(34)30-18-20-7-3-2-4-8-20)19-31-28(32-26)33-16-15-22-9-5-6-10-25(22)33/h2-14,19H,15-18H2,1H3,(H,30,34)(H,29,31,32). The lowest BCUT2D eigenvalue weighted by atomic mass is 10.2. The van der Waals surface area contributed by atoms with Gasteiger partial charge in [0.1, 0.15) is 17.1 Å². The fourth-order valence-corrected chi connectivity index (χ4v) is 4.15. The SMILES string of the molecule is COc1ccc(CNc2nc(N3CCc4ccccc43)ncc2C(=O)NCc2ccccc2)cc1. The third-order valence-electron chi connectivity index (χ3n) is 6.06. The lowest BCUT2D eigenvalue weighted by Crippen LogP contribution is -2.25. The van der Waals surface area contributed by atoms with E-state index in [4.69, 9.17) is 9.72 Å². The second-order valence-corrected chi connectivity index (χ2v) is 8.33. The zero-order valence-corrected chi connectivity index (χ0v) is 19.6. The number of para-hydroxylation sites is 1. The second kappa shape index (κ2) is 10.3. The summed E-state index contributed by atoms with van der Waals surface area (Å²) in [5, 5.41) is 6.34. The first kappa shape index (κ1) is 22.4. The number of aromatic nitrogens is 2. The molecule has 1 aliphatic rings. The summed E-state index contributed by atoms with van der Waals surface area (Å²) in [6, 6.07) is 25.9. The van der Waals surface area contributed by atoms with Crippen molar-refractivity contribution in [2.45, 2.75) is 19.5 Å². The van der Waals surface area contributed by atoms with E-state index in [1.165, 1.54) is 5.56 Å². The molecule has 0 fully saturated rings. The van der Waals surface area contributed by atoms with Gasteiger partial charge < -0.3 is 20.3 Å². The van der Waals surface area contributed by atoms with Crippen LogP contribution >= 0.6 is 0 Å². The van der Waals surface area contributed by atoms with E-state index in [9.17, 15) is 4.79 Å². The molecule has 0 bridgehead atoms. The molecule has 7 heteroatoms.